The normalized spacial score (nSPS) is 10.1. The van der Waals surface area contributed by atoms with Crippen LogP contribution in [0.25, 0.3) is 11.5 Å². The highest BCUT2D eigenvalue weighted by atomic mass is 19.1. The van der Waals surface area contributed by atoms with Gasteiger partial charge in [-0.05, 0) is 18.2 Å². The first kappa shape index (κ1) is 8.62. The maximum absolute atomic E-state index is 12.8. The molecule has 14 heavy (non-hydrogen) atoms. The maximum Gasteiger partial charge on any atom is 0.226 e. The molecule has 1 aromatic heterocycles. The van der Waals surface area contributed by atoms with Crippen molar-refractivity contribution in [3.8, 4) is 11.5 Å². The number of rotatable bonds is 2. The molecule has 0 spiro atoms. The minimum atomic E-state index is -0.456. The summed E-state index contributed by atoms with van der Waals surface area (Å²) in [5.41, 5.74) is 0.721. The summed E-state index contributed by atoms with van der Waals surface area (Å²) >= 11 is 0. The van der Waals surface area contributed by atoms with Crippen molar-refractivity contribution in [2.75, 3.05) is 0 Å². The van der Waals surface area contributed by atoms with E-state index in [0.717, 1.165) is 6.07 Å². The van der Waals surface area contributed by atoms with Gasteiger partial charge in [-0.3, -0.25) is 4.79 Å². The molecule has 3 nitrogen and oxygen atoms in total. The van der Waals surface area contributed by atoms with Crippen LogP contribution in [0.15, 0.2) is 35.1 Å². The summed E-state index contributed by atoms with van der Waals surface area (Å²) in [6.45, 7) is 0. The van der Waals surface area contributed by atoms with Gasteiger partial charge in [-0.1, -0.05) is 0 Å². The molecule has 0 aliphatic carbocycles. The van der Waals surface area contributed by atoms with Crippen molar-refractivity contribution in [3.05, 3.63) is 42.0 Å². The molecule has 0 atom stereocenters. The van der Waals surface area contributed by atoms with Crippen LogP contribution >= 0.6 is 0 Å². The van der Waals surface area contributed by atoms with Crippen molar-refractivity contribution in [2.24, 2.45) is 0 Å². The Labute approximate surface area is 79.2 Å². The van der Waals surface area contributed by atoms with Crippen molar-refractivity contribution in [3.63, 3.8) is 0 Å². The van der Waals surface area contributed by atoms with Crippen molar-refractivity contribution in [1.29, 1.82) is 0 Å². The fourth-order valence-corrected chi connectivity index (χ4v) is 1.18. The van der Waals surface area contributed by atoms with Gasteiger partial charge in [-0.2, -0.15) is 0 Å². The van der Waals surface area contributed by atoms with Crippen LogP contribution in [0.5, 0.6) is 0 Å². The highest BCUT2D eigenvalue weighted by molar-refractivity contribution is 5.85. The number of carbonyl (C=O) groups is 1. The quantitative estimate of drug-likeness (QED) is 0.684. The van der Waals surface area contributed by atoms with E-state index >= 15 is 0 Å². The largest absolute Gasteiger partial charge is 0.445 e. The van der Waals surface area contributed by atoms with Gasteiger partial charge in [0, 0.05) is 11.1 Å². The minimum Gasteiger partial charge on any atom is -0.445 e. The van der Waals surface area contributed by atoms with Gasteiger partial charge in [0.05, 0.1) is 6.20 Å². The third-order valence-electron chi connectivity index (χ3n) is 1.80. The number of oxazole rings is 1. The molecule has 0 fully saturated rings. The monoisotopic (exact) mass is 191 g/mol. The van der Waals surface area contributed by atoms with Gasteiger partial charge in [-0.15, -0.1) is 0 Å². The summed E-state index contributed by atoms with van der Waals surface area (Å²) in [6, 6.07) is 3.87. The van der Waals surface area contributed by atoms with Crippen molar-refractivity contribution < 1.29 is 13.6 Å². The molecule has 0 N–H and O–H groups in total. The first-order valence-electron chi connectivity index (χ1n) is 3.96. The van der Waals surface area contributed by atoms with Gasteiger partial charge in [-0.25, -0.2) is 9.37 Å². The second-order valence-electron chi connectivity index (χ2n) is 2.69. The van der Waals surface area contributed by atoms with E-state index in [4.69, 9.17) is 4.42 Å². The molecule has 2 aromatic rings. The Kier molecular flexibility index (Phi) is 2.10. The van der Waals surface area contributed by atoms with Gasteiger partial charge in [0.25, 0.3) is 0 Å². The number of hydrogen-bond donors (Lipinski definition) is 0. The van der Waals surface area contributed by atoms with Crippen LogP contribution in [-0.4, -0.2) is 11.3 Å². The van der Waals surface area contributed by atoms with E-state index in [1.807, 2.05) is 0 Å². The second kappa shape index (κ2) is 3.41. The fraction of sp³-hybridized carbons (Fsp3) is 0. The van der Waals surface area contributed by atoms with E-state index in [0.29, 0.717) is 17.7 Å². The predicted octanol–water partition coefficient (Wildman–Crippen LogP) is 2.29. The summed E-state index contributed by atoms with van der Waals surface area (Å²) in [5, 5.41) is 0. The molecular weight excluding hydrogens is 185 g/mol. The Morgan fingerprint density at radius 2 is 2.29 bits per heavy atom. The maximum atomic E-state index is 12.8. The van der Waals surface area contributed by atoms with E-state index in [1.165, 1.54) is 24.6 Å². The third-order valence-corrected chi connectivity index (χ3v) is 1.80. The van der Waals surface area contributed by atoms with E-state index < -0.39 is 5.82 Å². The Bertz CT molecular complexity index is 451. The summed E-state index contributed by atoms with van der Waals surface area (Å²) in [7, 11) is 0. The molecule has 0 radical (unpaired) electrons. The zero-order chi connectivity index (χ0) is 9.97. The number of carbonyl (C=O) groups excluding carboxylic acids is 1. The van der Waals surface area contributed by atoms with Gasteiger partial charge in [0.15, 0.2) is 6.29 Å². The topological polar surface area (TPSA) is 43.1 Å². The molecule has 0 unspecified atom stereocenters. The molecule has 0 bridgehead atoms. The molecule has 0 aliphatic heterocycles. The summed E-state index contributed by atoms with van der Waals surface area (Å²) in [6.07, 6.45) is 3.43. The van der Waals surface area contributed by atoms with E-state index in [9.17, 15) is 9.18 Å². The molecule has 4 heteroatoms. The lowest BCUT2D eigenvalue weighted by Gasteiger charge is -1.99. The zero-order valence-corrected chi connectivity index (χ0v) is 7.11. The molecule has 0 amide bonds. The predicted molar refractivity (Wildman–Crippen MR) is 47.3 cm³/mol. The van der Waals surface area contributed by atoms with Crippen molar-refractivity contribution in [1.82, 2.24) is 4.98 Å². The minimum absolute atomic E-state index is 0.229. The van der Waals surface area contributed by atoms with Crippen molar-refractivity contribution in [2.45, 2.75) is 0 Å². The van der Waals surface area contributed by atoms with Gasteiger partial charge in [0.2, 0.25) is 5.89 Å². The molecule has 0 saturated carbocycles. The Hall–Kier alpha value is -1.97. The average molecular weight is 191 g/mol. The second-order valence-corrected chi connectivity index (χ2v) is 2.69. The van der Waals surface area contributed by atoms with Crippen LogP contribution < -0.4 is 0 Å². The Balaban J connectivity index is 2.58. The van der Waals surface area contributed by atoms with Gasteiger partial charge < -0.3 is 4.42 Å². The van der Waals surface area contributed by atoms with Crippen LogP contribution in [-0.2, 0) is 0 Å². The molecule has 2 rings (SSSR count). The number of halogens is 1. The smallest absolute Gasteiger partial charge is 0.226 e. The zero-order valence-electron chi connectivity index (χ0n) is 7.11. The molecule has 0 saturated heterocycles. The Morgan fingerprint density at radius 1 is 1.43 bits per heavy atom. The van der Waals surface area contributed by atoms with Crippen LogP contribution in [0.1, 0.15) is 10.4 Å². The lowest BCUT2D eigenvalue weighted by Crippen LogP contribution is -1.89. The van der Waals surface area contributed by atoms with Crippen LogP contribution in [0.3, 0.4) is 0 Å². The van der Waals surface area contributed by atoms with Crippen LogP contribution in [0, 0.1) is 5.82 Å². The average Bonchev–Trinajstić information content (AvgIpc) is 2.70. The van der Waals surface area contributed by atoms with Crippen LogP contribution in [0.2, 0.25) is 0 Å². The SMILES string of the molecule is O=Cc1cc(F)ccc1-c1ncco1. The lowest BCUT2D eigenvalue weighted by atomic mass is 10.1. The van der Waals surface area contributed by atoms with Crippen LogP contribution in [0.4, 0.5) is 4.39 Å². The van der Waals surface area contributed by atoms with Gasteiger partial charge >= 0.3 is 0 Å². The summed E-state index contributed by atoms with van der Waals surface area (Å²) in [5.74, 6) is -0.144. The molecular formula is C10H6FNO2. The summed E-state index contributed by atoms with van der Waals surface area (Å²) < 4.78 is 17.8. The first-order chi connectivity index (χ1) is 6.81. The Morgan fingerprint density at radius 3 is 2.93 bits per heavy atom. The highest BCUT2D eigenvalue weighted by Gasteiger charge is 2.08. The lowest BCUT2D eigenvalue weighted by molar-refractivity contribution is 0.112. The number of aldehydes is 1. The summed E-state index contributed by atoms with van der Waals surface area (Å²) in [4.78, 5) is 14.5. The molecule has 1 heterocycles. The number of nitrogens with zero attached hydrogens (tertiary/aromatic N) is 1. The number of aromatic nitrogens is 1. The molecule has 0 aliphatic rings. The van der Waals surface area contributed by atoms with E-state index in [-0.39, 0.29) is 5.56 Å². The highest BCUT2D eigenvalue weighted by Crippen LogP contribution is 2.21. The number of hydrogen-bond acceptors (Lipinski definition) is 3. The first-order valence-corrected chi connectivity index (χ1v) is 3.96. The molecule has 1 aromatic carbocycles. The number of benzene rings is 1. The van der Waals surface area contributed by atoms with E-state index in [1.54, 1.807) is 0 Å². The van der Waals surface area contributed by atoms with E-state index in [2.05, 4.69) is 4.98 Å². The fourth-order valence-electron chi connectivity index (χ4n) is 1.18. The standard InChI is InChI=1S/C10H6FNO2/c11-8-1-2-9(7(5-8)6-13)10-12-3-4-14-10/h1-6H. The third kappa shape index (κ3) is 1.42. The van der Waals surface area contributed by atoms with Crippen molar-refractivity contribution >= 4 is 6.29 Å². The van der Waals surface area contributed by atoms with Gasteiger partial charge in [0.1, 0.15) is 12.1 Å². The molecule has 70 valence electrons.